The molecule has 1 aromatic carbocycles. The molecule has 1 heterocycles. The highest BCUT2D eigenvalue weighted by atomic mass is 16.5. The van der Waals surface area contributed by atoms with Gasteiger partial charge in [0.2, 0.25) is 0 Å². The zero-order chi connectivity index (χ0) is 11.2. The van der Waals surface area contributed by atoms with E-state index in [0.29, 0.717) is 5.82 Å². The minimum atomic E-state index is 0.688. The summed E-state index contributed by atoms with van der Waals surface area (Å²) < 4.78 is 5.24. The lowest BCUT2D eigenvalue weighted by atomic mass is 10.2. The van der Waals surface area contributed by atoms with Crippen LogP contribution in [0.1, 0.15) is 11.4 Å². The third kappa shape index (κ3) is 2.45. The molecule has 0 aliphatic carbocycles. The Bertz CT molecular complexity index is 480. The fraction of sp³-hybridized carbons (Fsp3) is 0.0769. The molecule has 0 aliphatic heterocycles. The van der Waals surface area contributed by atoms with Crippen LogP contribution in [-0.4, -0.2) is 17.1 Å². The van der Waals surface area contributed by atoms with E-state index in [1.165, 1.54) is 0 Å². The minimum absolute atomic E-state index is 0.688. The molecule has 1 aromatic heterocycles. The Hall–Kier alpha value is -2.16. The van der Waals surface area contributed by atoms with Crippen LogP contribution in [0.4, 0.5) is 0 Å². The first kappa shape index (κ1) is 10.4. The van der Waals surface area contributed by atoms with E-state index in [1.54, 1.807) is 25.6 Å². The van der Waals surface area contributed by atoms with Gasteiger partial charge in [0, 0.05) is 18.0 Å². The molecule has 0 spiro atoms. The van der Waals surface area contributed by atoms with Gasteiger partial charge < -0.3 is 4.74 Å². The summed E-state index contributed by atoms with van der Waals surface area (Å²) in [6.45, 7) is 0. The summed E-state index contributed by atoms with van der Waals surface area (Å²) in [6.07, 6.45) is 7.23. The molecule has 2 rings (SSSR count). The third-order valence-electron chi connectivity index (χ3n) is 2.14. The van der Waals surface area contributed by atoms with Gasteiger partial charge >= 0.3 is 0 Å². The van der Waals surface area contributed by atoms with Crippen molar-refractivity contribution in [2.75, 3.05) is 7.11 Å². The number of aromatic nitrogens is 2. The van der Waals surface area contributed by atoms with Crippen LogP contribution in [-0.2, 0) is 0 Å². The van der Waals surface area contributed by atoms with Crippen molar-refractivity contribution in [1.82, 2.24) is 9.97 Å². The van der Waals surface area contributed by atoms with Gasteiger partial charge in [0.05, 0.1) is 7.11 Å². The van der Waals surface area contributed by atoms with Gasteiger partial charge in [-0.2, -0.15) is 0 Å². The van der Waals surface area contributed by atoms with E-state index in [2.05, 4.69) is 9.97 Å². The Morgan fingerprint density at radius 2 is 1.75 bits per heavy atom. The Morgan fingerprint density at radius 3 is 2.50 bits per heavy atom. The minimum Gasteiger partial charge on any atom is -0.496 e. The molecule has 0 radical (unpaired) electrons. The number of hydrogen-bond acceptors (Lipinski definition) is 3. The van der Waals surface area contributed by atoms with Crippen LogP contribution in [0.15, 0.2) is 42.7 Å². The van der Waals surface area contributed by atoms with Crippen molar-refractivity contribution in [2.45, 2.75) is 0 Å². The largest absolute Gasteiger partial charge is 0.496 e. The Morgan fingerprint density at radius 1 is 1.00 bits per heavy atom. The molecule has 0 saturated heterocycles. The molecule has 0 unspecified atom stereocenters. The molecule has 0 atom stereocenters. The lowest BCUT2D eigenvalue weighted by molar-refractivity contribution is 0.414. The van der Waals surface area contributed by atoms with Crippen molar-refractivity contribution in [1.29, 1.82) is 0 Å². The summed E-state index contributed by atoms with van der Waals surface area (Å²) in [5.41, 5.74) is 1.01. The van der Waals surface area contributed by atoms with Gasteiger partial charge in [0.1, 0.15) is 5.75 Å². The summed E-state index contributed by atoms with van der Waals surface area (Å²) in [6, 6.07) is 9.60. The molecule has 3 heteroatoms. The topological polar surface area (TPSA) is 35.0 Å². The second-order valence-electron chi connectivity index (χ2n) is 3.18. The quantitative estimate of drug-likeness (QED) is 0.784. The average molecular weight is 212 g/mol. The first-order valence-electron chi connectivity index (χ1n) is 4.98. The molecule has 0 saturated carbocycles. The van der Waals surface area contributed by atoms with E-state index >= 15 is 0 Å². The van der Waals surface area contributed by atoms with Crippen LogP contribution in [0.5, 0.6) is 5.75 Å². The predicted molar refractivity (Wildman–Crippen MR) is 64.0 cm³/mol. The fourth-order valence-electron chi connectivity index (χ4n) is 1.37. The molecule has 0 aliphatic rings. The maximum absolute atomic E-state index is 5.24. The number of para-hydroxylation sites is 1. The number of nitrogens with zero attached hydrogens (tertiary/aromatic N) is 2. The van der Waals surface area contributed by atoms with Crippen molar-refractivity contribution in [3.8, 4) is 5.75 Å². The van der Waals surface area contributed by atoms with Crippen molar-refractivity contribution in [3.63, 3.8) is 0 Å². The van der Waals surface area contributed by atoms with E-state index in [0.717, 1.165) is 11.3 Å². The van der Waals surface area contributed by atoms with Crippen molar-refractivity contribution < 1.29 is 4.74 Å². The Kier molecular flexibility index (Phi) is 3.28. The molecular formula is C13H12N2O. The standard InChI is InChI=1S/C13H12N2O/c1-16-12-6-3-2-5-11(12)7-8-13-14-9-4-10-15-13/h2-10H,1H3/b8-7+. The lowest BCUT2D eigenvalue weighted by Gasteiger charge is -2.02. The predicted octanol–water partition coefficient (Wildman–Crippen LogP) is 2.66. The molecule has 16 heavy (non-hydrogen) atoms. The normalized spacial score (nSPS) is 10.6. The van der Waals surface area contributed by atoms with Crippen LogP contribution in [0.25, 0.3) is 12.2 Å². The molecule has 0 amide bonds. The van der Waals surface area contributed by atoms with E-state index in [-0.39, 0.29) is 0 Å². The van der Waals surface area contributed by atoms with E-state index in [9.17, 15) is 0 Å². The molecule has 0 fully saturated rings. The number of hydrogen-bond donors (Lipinski definition) is 0. The van der Waals surface area contributed by atoms with Crippen LogP contribution in [0, 0.1) is 0 Å². The number of benzene rings is 1. The highest BCUT2D eigenvalue weighted by Gasteiger charge is 1.96. The van der Waals surface area contributed by atoms with E-state index in [4.69, 9.17) is 4.74 Å². The molecule has 0 N–H and O–H groups in total. The molecule has 2 aromatic rings. The first-order chi connectivity index (χ1) is 7.90. The Balaban J connectivity index is 2.24. The SMILES string of the molecule is COc1ccccc1/C=C/c1ncccn1. The van der Waals surface area contributed by atoms with Gasteiger partial charge in [-0.1, -0.05) is 18.2 Å². The zero-order valence-corrected chi connectivity index (χ0v) is 9.00. The summed E-state index contributed by atoms with van der Waals surface area (Å²) in [5.74, 6) is 1.53. The van der Waals surface area contributed by atoms with Crippen molar-refractivity contribution in [3.05, 3.63) is 54.1 Å². The maximum Gasteiger partial charge on any atom is 0.151 e. The molecule has 0 bridgehead atoms. The molecular weight excluding hydrogens is 200 g/mol. The molecule has 3 nitrogen and oxygen atoms in total. The number of rotatable bonds is 3. The second kappa shape index (κ2) is 5.07. The first-order valence-corrected chi connectivity index (χ1v) is 4.98. The zero-order valence-electron chi connectivity index (χ0n) is 9.00. The highest BCUT2D eigenvalue weighted by Crippen LogP contribution is 2.19. The van der Waals surface area contributed by atoms with Crippen molar-refractivity contribution in [2.24, 2.45) is 0 Å². The van der Waals surface area contributed by atoms with Gasteiger partial charge in [0.15, 0.2) is 5.82 Å². The highest BCUT2D eigenvalue weighted by molar-refractivity contribution is 5.70. The lowest BCUT2D eigenvalue weighted by Crippen LogP contribution is -1.86. The fourth-order valence-corrected chi connectivity index (χ4v) is 1.37. The van der Waals surface area contributed by atoms with Crippen molar-refractivity contribution >= 4 is 12.2 Å². The van der Waals surface area contributed by atoms with Gasteiger partial charge in [-0.15, -0.1) is 0 Å². The summed E-state index contributed by atoms with van der Waals surface area (Å²) in [4.78, 5) is 8.22. The summed E-state index contributed by atoms with van der Waals surface area (Å²) >= 11 is 0. The van der Waals surface area contributed by atoms with Crippen LogP contribution in [0.2, 0.25) is 0 Å². The van der Waals surface area contributed by atoms with Gasteiger partial charge in [-0.05, 0) is 24.3 Å². The van der Waals surface area contributed by atoms with E-state index in [1.807, 2.05) is 36.4 Å². The number of methoxy groups -OCH3 is 1. The number of ether oxygens (including phenoxy) is 1. The Labute approximate surface area is 94.4 Å². The van der Waals surface area contributed by atoms with Gasteiger partial charge in [-0.3, -0.25) is 0 Å². The smallest absolute Gasteiger partial charge is 0.151 e. The average Bonchev–Trinajstić information content (AvgIpc) is 2.38. The second-order valence-corrected chi connectivity index (χ2v) is 3.18. The summed E-state index contributed by atoms with van der Waals surface area (Å²) in [5, 5.41) is 0. The van der Waals surface area contributed by atoms with Crippen LogP contribution < -0.4 is 4.74 Å². The van der Waals surface area contributed by atoms with Crippen LogP contribution in [0.3, 0.4) is 0 Å². The van der Waals surface area contributed by atoms with E-state index < -0.39 is 0 Å². The van der Waals surface area contributed by atoms with Gasteiger partial charge in [-0.25, -0.2) is 9.97 Å². The molecule has 80 valence electrons. The third-order valence-corrected chi connectivity index (χ3v) is 2.14. The van der Waals surface area contributed by atoms with Crippen LogP contribution >= 0.6 is 0 Å². The maximum atomic E-state index is 5.24. The summed E-state index contributed by atoms with van der Waals surface area (Å²) in [7, 11) is 1.66. The van der Waals surface area contributed by atoms with Gasteiger partial charge in [0.25, 0.3) is 0 Å². The monoisotopic (exact) mass is 212 g/mol.